The van der Waals surface area contributed by atoms with Crippen LogP contribution in [0.3, 0.4) is 0 Å². The molecule has 132 valence electrons. The van der Waals surface area contributed by atoms with Gasteiger partial charge in [0.2, 0.25) is 12.7 Å². The Balaban J connectivity index is 1.48. The molecule has 0 radical (unpaired) electrons. The third kappa shape index (κ3) is 2.20. The van der Waals surface area contributed by atoms with Gasteiger partial charge in [0.1, 0.15) is 0 Å². The number of carbonyl (C=O) groups excluding carboxylic acids is 2. The van der Waals surface area contributed by atoms with Crippen LogP contribution in [0.1, 0.15) is 12.8 Å². The van der Waals surface area contributed by atoms with E-state index in [1.165, 1.54) is 11.8 Å². The van der Waals surface area contributed by atoms with Gasteiger partial charge >= 0.3 is 0 Å². The van der Waals surface area contributed by atoms with E-state index in [0.717, 1.165) is 4.90 Å². The van der Waals surface area contributed by atoms with Gasteiger partial charge < -0.3 is 14.8 Å². The second-order valence-electron chi connectivity index (χ2n) is 6.25. The van der Waals surface area contributed by atoms with Crippen molar-refractivity contribution in [1.82, 2.24) is 0 Å². The second kappa shape index (κ2) is 5.56. The molecule has 1 N–H and O–H groups in total. The van der Waals surface area contributed by atoms with Crippen LogP contribution >= 0.6 is 23.4 Å². The van der Waals surface area contributed by atoms with Crippen molar-refractivity contribution >= 4 is 46.6 Å². The lowest BCUT2D eigenvalue weighted by atomic mass is 10.1. The minimum absolute atomic E-state index is 0.0700. The van der Waals surface area contributed by atoms with Crippen LogP contribution in [-0.2, 0) is 9.59 Å². The van der Waals surface area contributed by atoms with Gasteiger partial charge in [-0.1, -0.05) is 23.4 Å². The quantitative estimate of drug-likeness (QED) is 0.850. The summed E-state index contributed by atoms with van der Waals surface area (Å²) >= 11 is 7.49. The highest BCUT2D eigenvalue weighted by Gasteiger charge is 2.57. The molecule has 0 unspecified atom stereocenters. The fraction of sp³-hybridized carbons (Fsp3) is 0.222. The first-order chi connectivity index (χ1) is 12.6. The van der Waals surface area contributed by atoms with Crippen LogP contribution in [0.4, 0.5) is 11.4 Å². The van der Waals surface area contributed by atoms with E-state index in [0.29, 0.717) is 40.7 Å². The summed E-state index contributed by atoms with van der Waals surface area (Å²) in [5.41, 5.74) is 1.30. The fourth-order valence-electron chi connectivity index (χ4n) is 3.52. The number of rotatable bonds is 2. The van der Waals surface area contributed by atoms with Crippen molar-refractivity contribution < 1.29 is 19.1 Å². The van der Waals surface area contributed by atoms with Gasteiger partial charge in [-0.25, -0.2) is 0 Å². The number of anilines is 2. The van der Waals surface area contributed by atoms with Gasteiger partial charge in [-0.3, -0.25) is 14.5 Å². The summed E-state index contributed by atoms with van der Waals surface area (Å²) in [5.74, 6) is 0.934. The molecule has 1 saturated heterocycles. The first kappa shape index (κ1) is 15.8. The number of hydrogen-bond donors (Lipinski definition) is 1. The first-order valence-corrected chi connectivity index (χ1v) is 9.29. The first-order valence-electron chi connectivity index (χ1n) is 8.10. The van der Waals surface area contributed by atoms with Gasteiger partial charge in [0.15, 0.2) is 16.4 Å². The van der Waals surface area contributed by atoms with E-state index in [1.807, 2.05) is 6.07 Å². The molecule has 3 aliphatic rings. The average molecular weight is 389 g/mol. The molecule has 0 aliphatic carbocycles. The average Bonchev–Trinajstić information content (AvgIpc) is 3.29. The van der Waals surface area contributed by atoms with Crippen molar-refractivity contribution in [3.05, 3.63) is 41.4 Å². The number of benzene rings is 2. The maximum Gasteiger partial charge on any atom is 0.261 e. The number of halogens is 1. The Morgan fingerprint density at radius 3 is 2.92 bits per heavy atom. The Bertz CT molecular complexity index is 966. The van der Waals surface area contributed by atoms with Gasteiger partial charge in [-0.15, -0.1) is 0 Å². The van der Waals surface area contributed by atoms with Crippen LogP contribution in [0.25, 0.3) is 0 Å². The largest absolute Gasteiger partial charge is 0.454 e. The van der Waals surface area contributed by atoms with E-state index in [2.05, 4.69) is 5.32 Å². The number of fused-ring (bicyclic) bond motifs is 4. The zero-order valence-electron chi connectivity index (χ0n) is 13.5. The van der Waals surface area contributed by atoms with Crippen molar-refractivity contribution in [2.75, 3.05) is 17.0 Å². The van der Waals surface area contributed by atoms with Crippen LogP contribution in [-0.4, -0.2) is 23.5 Å². The third-order valence-electron chi connectivity index (χ3n) is 4.71. The molecule has 8 heteroatoms. The van der Waals surface area contributed by atoms with Crippen molar-refractivity contribution in [1.29, 1.82) is 0 Å². The Morgan fingerprint density at radius 2 is 2.04 bits per heavy atom. The molecule has 2 amide bonds. The Labute approximate surface area is 158 Å². The van der Waals surface area contributed by atoms with Gasteiger partial charge in [0.05, 0.1) is 5.69 Å². The molecule has 3 aliphatic heterocycles. The van der Waals surface area contributed by atoms with E-state index in [9.17, 15) is 9.59 Å². The molecular weight excluding hydrogens is 376 g/mol. The Hall–Kier alpha value is -2.38. The highest BCUT2D eigenvalue weighted by molar-refractivity contribution is 8.02. The maximum absolute atomic E-state index is 13.2. The summed E-state index contributed by atoms with van der Waals surface area (Å²) in [6.45, 7) is 0.171. The maximum atomic E-state index is 13.2. The van der Waals surface area contributed by atoms with E-state index in [1.54, 1.807) is 35.2 Å². The molecule has 1 atom stereocenters. The lowest BCUT2D eigenvalue weighted by Gasteiger charge is -2.29. The molecule has 2 aromatic carbocycles. The lowest BCUT2D eigenvalue weighted by Crippen LogP contribution is -2.49. The molecule has 0 bridgehead atoms. The molecule has 0 saturated carbocycles. The summed E-state index contributed by atoms with van der Waals surface area (Å²) < 4.78 is 10.6. The summed E-state index contributed by atoms with van der Waals surface area (Å²) in [5, 5.41) is 3.46. The minimum atomic E-state index is -0.986. The highest BCUT2D eigenvalue weighted by atomic mass is 35.5. The smallest absolute Gasteiger partial charge is 0.261 e. The summed E-state index contributed by atoms with van der Waals surface area (Å²) in [6, 6.07) is 10.6. The highest BCUT2D eigenvalue weighted by Crippen LogP contribution is 2.56. The number of amides is 2. The summed E-state index contributed by atoms with van der Waals surface area (Å²) in [7, 11) is 0. The minimum Gasteiger partial charge on any atom is -0.454 e. The monoisotopic (exact) mass is 388 g/mol. The van der Waals surface area contributed by atoms with Gasteiger partial charge in [0, 0.05) is 28.1 Å². The zero-order valence-corrected chi connectivity index (χ0v) is 15.0. The number of carbonyl (C=O) groups is 2. The van der Waals surface area contributed by atoms with E-state index in [4.69, 9.17) is 21.1 Å². The predicted octanol–water partition coefficient (Wildman–Crippen LogP) is 3.64. The topological polar surface area (TPSA) is 67.9 Å². The molecule has 6 nitrogen and oxygen atoms in total. The normalized spacial score (nSPS) is 22.3. The Morgan fingerprint density at radius 1 is 1.19 bits per heavy atom. The van der Waals surface area contributed by atoms with Crippen molar-refractivity contribution in [2.24, 2.45) is 0 Å². The molecule has 3 heterocycles. The third-order valence-corrected chi connectivity index (χ3v) is 6.42. The number of thioether (sulfide) groups is 1. The Kier molecular flexibility index (Phi) is 3.39. The van der Waals surface area contributed by atoms with Crippen LogP contribution in [0, 0.1) is 0 Å². The van der Waals surface area contributed by atoms with Crippen LogP contribution < -0.4 is 19.7 Å². The van der Waals surface area contributed by atoms with Crippen LogP contribution in [0.15, 0.2) is 41.3 Å². The fourth-order valence-corrected chi connectivity index (χ4v) is 5.09. The van der Waals surface area contributed by atoms with Crippen molar-refractivity contribution in [2.45, 2.75) is 22.6 Å². The summed E-state index contributed by atoms with van der Waals surface area (Å²) in [4.78, 5) is 27.2. The number of nitrogens with zero attached hydrogens (tertiary/aromatic N) is 1. The van der Waals surface area contributed by atoms with Gasteiger partial charge in [0.25, 0.3) is 5.91 Å². The van der Waals surface area contributed by atoms with Crippen molar-refractivity contribution in [3.63, 3.8) is 0 Å². The molecule has 0 aromatic heterocycles. The second-order valence-corrected chi connectivity index (χ2v) is 8.01. The van der Waals surface area contributed by atoms with Crippen molar-refractivity contribution in [3.8, 4) is 11.5 Å². The van der Waals surface area contributed by atoms with Gasteiger partial charge in [-0.05, 0) is 36.8 Å². The summed E-state index contributed by atoms with van der Waals surface area (Å²) in [6.07, 6.45) is 0.771. The van der Waals surface area contributed by atoms with Crippen LogP contribution in [0.5, 0.6) is 11.5 Å². The number of ether oxygens (including phenoxy) is 2. The standard InChI is InChI=1S/C18H13ClN2O4S/c19-10-1-4-15-12(7-10)21-16(22)5-6-18(21,26-15)17(23)20-11-2-3-13-14(8-11)25-9-24-13/h1-4,7-8H,5-6,9H2,(H,20,23)/t18-/m0/s1. The van der Waals surface area contributed by atoms with E-state index < -0.39 is 4.87 Å². The molecule has 1 fully saturated rings. The molecule has 2 aromatic rings. The van der Waals surface area contributed by atoms with E-state index >= 15 is 0 Å². The zero-order chi connectivity index (χ0) is 17.9. The lowest BCUT2D eigenvalue weighted by molar-refractivity contribution is -0.121. The van der Waals surface area contributed by atoms with Gasteiger partial charge in [-0.2, -0.15) is 0 Å². The van der Waals surface area contributed by atoms with E-state index in [-0.39, 0.29) is 18.6 Å². The van der Waals surface area contributed by atoms with Crippen LogP contribution in [0.2, 0.25) is 5.02 Å². The molecule has 26 heavy (non-hydrogen) atoms. The molecule has 5 rings (SSSR count). The predicted molar refractivity (Wildman–Crippen MR) is 98.0 cm³/mol. The molecule has 0 spiro atoms. The molecular formula is C18H13ClN2O4S. The SMILES string of the molecule is O=C1CC[C@@]2(C(=O)Nc3ccc4c(c3)OCO4)Sc3ccc(Cl)cc3N12. The number of hydrogen-bond acceptors (Lipinski definition) is 5. The number of nitrogens with one attached hydrogen (secondary N) is 1.